The van der Waals surface area contributed by atoms with Crippen LogP contribution in [0.1, 0.15) is 37.3 Å². The lowest BCUT2D eigenvalue weighted by molar-refractivity contribution is -0.136. The molecule has 2 nitrogen and oxygen atoms in total. The molecule has 0 saturated carbocycles. The molecule has 0 aliphatic heterocycles. The van der Waals surface area contributed by atoms with Gasteiger partial charge in [-0.15, -0.1) is 0 Å². The minimum absolute atomic E-state index is 0.176. The minimum atomic E-state index is -0.753. The van der Waals surface area contributed by atoms with Gasteiger partial charge in [-0.3, -0.25) is 4.79 Å². The lowest BCUT2D eigenvalue weighted by atomic mass is 9.96. The summed E-state index contributed by atoms with van der Waals surface area (Å²) in [6.07, 6.45) is 0.753. The first-order valence-corrected chi connectivity index (χ1v) is 6.97. The summed E-state index contributed by atoms with van der Waals surface area (Å²) in [5.74, 6) is -0.248. The van der Waals surface area contributed by atoms with E-state index in [9.17, 15) is 4.79 Å². The van der Waals surface area contributed by atoms with Gasteiger partial charge < -0.3 is 5.11 Å². The molecule has 0 unspecified atom stereocenters. The highest BCUT2D eigenvalue weighted by atomic mass is 16.4. The second kappa shape index (κ2) is 6.38. The van der Waals surface area contributed by atoms with Gasteiger partial charge in [0.15, 0.2) is 0 Å². The summed E-state index contributed by atoms with van der Waals surface area (Å²) in [4.78, 5) is 10.6. The lowest BCUT2D eigenvalue weighted by Crippen LogP contribution is -1.97. The molecule has 1 N–H and O–H groups in total. The van der Waals surface area contributed by atoms with Gasteiger partial charge in [0.1, 0.15) is 0 Å². The highest BCUT2D eigenvalue weighted by Crippen LogP contribution is 2.25. The molecule has 2 aromatic carbocycles. The third-order valence-electron chi connectivity index (χ3n) is 3.44. The van der Waals surface area contributed by atoms with Crippen molar-refractivity contribution in [1.82, 2.24) is 0 Å². The van der Waals surface area contributed by atoms with Crippen LogP contribution >= 0.6 is 0 Å². The van der Waals surface area contributed by atoms with Crippen molar-refractivity contribution in [2.24, 2.45) is 0 Å². The van der Waals surface area contributed by atoms with Crippen LogP contribution < -0.4 is 0 Å². The third-order valence-corrected chi connectivity index (χ3v) is 3.44. The highest BCUT2D eigenvalue weighted by molar-refractivity contribution is 5.68. The van der Waals surface area contributed by atoms with Crippen molar-refractivity contribution in [3.8, 4) is 11.1 Å². The maximum absolute atomic E-state index is 10.6. The van der Waals surface area contributed by atoms with E-state index in [4.69, 9.17) is 5.11 Å². The quantitative estimate of drug-likeness (QED) is 0.867. The molecule has 2 heteroatoms. The van der Waals surface area contributed by atoms with Gasteiger partial charge in [-0.05, 0) is 34.6 Å². The molecule has 0 aliphatic rings. The zero-order valence-corrected chi connectivity index (χ0v) is 12.0. The molecule has 0 fully saturated rings. The Balaban J connectivity index is 2.26. The van der Waals surface area contributed by atoms with Crippen LogP contribution in [0, 0.1) is 0 Å². The maximum atomic E-state index is 10.6. The first-order chi connectivity index (χ1) is 9.56. The van der Waals surface area contributed by atoms with Crippen molar-refractivity contribution in [2.45, 2.75) is 32.6 Å². The molecule has 0 spiro atoms. The second-order valence-corrected chi connectivity index (χ2v) is 5.37. The van der Waals surface area contributed by atoms with Gasteiger partial charge in [-0.2, -0.15) is 0 Å². The Morgan fingerprint density at radius 3 is 2.35 bits per heavy atom. The fourth-order valence-corrected chi connectivity index (χ4v) is 2.24. The standard InChI is InChI=1S/C18H20O2/c1-13(2)15-6-4-8-17(12-15)16-7-3-5-14(11-16)9-10-18(19)20/h3-8,11-13H,9-10H2,1-2H3,(H,19,20). The number of rotatable bonds is 5. The Kier molecular flexibility index (Phi) is 4.57. The van der Waals surface area contributed by atoms with E-state index in [2.05, 4.69) is 50.2 Å². The molecular weight excluding hydrogens is 248 g/mol. The Bertz CT molecular complexity index is 600. The van der Waals surface area contributed by atoms with Gasteiger partial charge in [0.2, 0.25) is 0 Å². The van der Waals surface area contributed by atoms with Gasteiger partial charge >= 0.3 is 5.97 Å². The summed E-state index contributed by atoms with van der Waals surface area (Å²) in [5, 5.41) is 8.76. The predicted molar refractivity (Wildman–Crippen MR) is 81.9 cm³/mol. The number of carboxylic acids is 1. The van der Waals surface area contributed by atoms with Gasteiger partial charge in [0, 0.05) is 6.42 Å². The number of carboxylic acid groups (broad SMARTS) is 1. The van der Waals surface area contributed by atoms with E-state index >= 15 is 0 Å². The summed E-state index contributed by atoms with van der Waals surface area (Å²) in [7, 11) is 0. The first-order valence-electron chi connectivity index (χ1n) is 6.97. The van der Waals surface area contributed by atoms with Crippen LogP contribution in [-0.4, -0.2) is 11.1 Å². The van der Waals surface area contributed by atoms with Crippen molar-refractivity contribution in [2.75, 3.05) is 0 Å². The fourth-order valence-electron chi connectivity index (χ4n) is 2.24. The molecule has 0 aliphatic carbocycles. The van der Waals surface area contributed by atoms with Gasteiger partial charge in [-0.25, -0.2) is 0 Å². The van der Waals surface area contributed by atoms with E-state index in [1.54, 1.807) is 0 Å². The van der Waals surface area contributed by atoms with Crippen molar-refractivity contribution in [3.05, 3.63) is 59.7 Å². The van der Waals surface area contributed by atoms with Crippen LogP contribution in [0.25, 0.3) is 11.1 Å². The van der Waals surface area contributed by atoms with E-state index in [1.165, 1.54) is 11.1 Å². The van der Waals surface area contributed by atoms with Crippen LogP contribution in [0.4, 0.5) is 0 Å². The monoisotopic (exact) mass is 268 g/mol. The molecule has 2 rings (SSSR count). The SMILES string of the molecule is CC(C)c1cccc(-c2cccc(CCC(=O)O)c2)c1. The van der Waals surface area contributed by atoms with Crippen molar-refractivity contribution in [3.63, 3.8) is 0 Å². The van der Waals surface area contributed by atoms with Gasteiger partial charge in [-0.1, -0.05) is 62.4 Å². The number of hydrogen-bond donors (Lipinski definition) is 1. The maximum Gasteiger partial charge on any atom is 0.303 e. The number of carbonyl (C=O) groups is 1. The average molecular weight is 268 g/mol. The van der Waals surface area contributed by atoms with Crippen LogP contribution in [0.5, 0.6) is 0 Å². The minimum Gasteiger partial charge on any atom is -0.481 e. The van der Waals surface area contributed by atoms with Crippen LogP contribution in [0.3, 0.4) is 0 Å². The summed E-state index contributed by atoms with van der Waals surface area (Å²) in [6, 6.07) is 16.7. The molecule has 0 saturated heterocycles. The van der Waals surface area contributed by atoms with E-state index in [1.807, 2.05) is 12.1 Å². The molecule has 0 heterocycles. The number of aliphatic carboxylic acids is 1. The highest BCUT2D eigenvalue weighted by Gasteiger charge is 2.04. The third kappa shape index (κ3) is 3.70. The number of hydrogen-bond acceptors (Lipinski definition) is 1. The Morgan fingerprint density at radius 1 is 1.05 bits per heavy atom. The molecule has 0 radical (unpaired) electrons. The fraction of sp³-hybridized carbons (Fsp3) is 0.278. The normalized spacial score (nSPS) is 10.8. The predicted octanol–water partition coefficient (Wildman–Crippen LogP) is 4.49. The molecular formula is C18H20O2. The van der Waals surface area contributed by atoms with Gasteiger partial charge in [0.25, 0.3) is 0 Å². The average Bonchev–Trinajstić information content (AvgIpc) is 2.45. The number of benzene rings is 2. The zero-order valence-electron chi connectivity index (χ0n) is 12.0. The molecule has 2 aromatic rings. The van der Waals surface area contributed by atoms with Crippen LogP contribution in [0.2, 0.25) is 0 Å². The molecule has 0 amide bonds. The molecule has 104 valence electrons. The summed E-state index contributed by atoms with van der Waals surface area (Å²) < 4.78 is 0. The van der Waals surface area contributed by atoms with E-state index in [-0.39, 0.29) is 6.42 Å². The Labute approximate surface area is 120 Å². The summed E-state index contributed by atoms with van der Waals surface area (Å²) in [5.41, 5.74) is 4.72. The molecule has 0 atom stereocenters. The van der Waals surface area contributed by atoms with Gasteiger partial charge in [0.05, 0.1) is 0 Å². The molecule has 20 heavy (non-hydrogen) atoms. The van der Waals surface area contributed by atoms with Crippen molar-refractivity contribution >= 4 is 5.97 Å². The largest absolute Gasteiger partial charge is 0.481 e. The van der Waals surface area contributed by atoms with E-state index < -0.39 is 5.97 Å². The second-order valence-electron chi connectivity index (χ2n) is 5.37. The summed E-state index contributed by atoms with van der Waals surface area (Å²) >= 11 is 0. The van der Waals surface area contributed by atoms with Crippen LogP contribution in [0.15, 0.2) is 48.5 Å². The topological polar surface area (TPSA) is 37.3 Å². The van der Waals surface area contributed by atoms with Crippen LogP contribution in [-0.2, 0) is 11.2 Å². The zero-order chi connectivity index (χ0) is 14.5. The van der Waals surface area contributed by atoms with Crippen molar-refractivity contribution < 1.29 is 9.90 Å². The first kappa shape index (κ1) is 14.3. The molecule has 0 bridgehead atoms. The smallest absolute Gasteiger partial charge is 0.303 e. The van der Waals surface area contributed by atoms with E-state index in [0.717, 1.165) is 11.1 Å². The van der Waals surface area contributed by atoms with E-state index in [0.29, 0.717) is 12.3 Å². The Morgan fingerprint density at radius 2 is 1.70 bits per heavy atom. The van der Waals surface area contributed by atoms with Crippen molar-refractivity contribution in [1.29, 1.82) is 0 Å². The lowest BCUT2D eigenvalue weighted by Gasteiger charge is -2.09. The number of aryl methyl sites for hydroxylation is 1. The Hall–Kier alpha value is -2.09. The summed E-state index contributed by atoms with van der Waals surface area (Å²) in [6.45, 7) is 4.37. The molecule has 0 aromatic heterocycles.